The molecule has 2 amide bonds. The van der Waals surface area contributed by atoms with Gasteiger partial charge in [0.2, 0.25) is 5.91 Å². The quantitative estimate of drug-likeness (QED) is 0.660. The molecule has 1 heterocycles. The van der Waals surface area contributed by atoms with Crippen LogP contribution in [0.25, 0.3) is 0 Å². The first-order valence-corrected chi connectivity index (χ1v) is 10.2. The number of carbonyl (C=O) groups is 2. The normalized spacial score (nSPS) is 12.3. The molecule has 156 valence electrons. The van der Waals surface area contributed by atoms with Crippen LogP contribution in [0.4, 0.5) is 10.1 Å². The lowest BCUT2D eigenvalue weighted by Gasteiger charge is -2.33. The summed E-state index contributed by atoms with van der Waals surface area (Å²) in [5, 5.41) is 8.37. The van der Waals surface area contributed by atoms with Gasteiger partial charge >= 0.3 is 0 Å². The van der Waals surface area contributed by atoms with Crippen LogP contribution in [0.3, 0.4) is 0 Å². The Morgan fingerprint density at radius 2 is 1.83 bits per heavy atom. The number of hydrogen-bond donors (Lipinski definition) is 1. The van der Waals surface area contributed by atoms with Crippen LogP contribution >= 0.6 is 11.5 Å². The van der Waals surface area contributed by atoms with Crippen LogP contribution in [0.5, 0.6) is 0 Å². The number of halogens is 1. The highest BCUT2D eigenvalue weighted by molar-refractivity contribution is 7.03. The molecule has 3 rings (SSSR count). The van der Waals surface area contributed by atoms with Crippen molar-refractivity contribution in [2.24, 2.45) is 0 Å². The van der Waals surface area contributed by atoms with Gasteiger partial charge in [0.1, 0.15) is 11.9 Å². The van der Waals surface area contributed by atoms with Crippen LogP contribution < -0.4 is 10.2 Å². The van der Waals surface area contributed by atoms with E-state index in [0.717, 1.165) is 17.1 Å². The van der Waals surface area contributed by atoms with Gasteiger partial charge in [-0.1, -0.05) is 28.8 Å². The monoisotopic (exact) mass is 426 g/mol. The summed E-state index contributed by atoms with van der Waals surface area (Å²) >= 11 is 1.05. The topological polar surface area (TPSA) is 75.2 Å². The van der Waals surface area contributed by atoms with Crippen molar-refractivity contribution in [3.8, 4) is 0 Å². The average Bonchev–Trinajstić information content (AvgIpc) is 3.20. The van der Waals surface area contributed by atoms with Crippen LogP contribution in [0, 0.1) is 12.7 Å². The molecule has 0 aliphatic heterocycles. The molecule has 1 N–H and O–H groups in total. The molecule has 1 aromatic heterocycles. The van der Waals surface area contributed by atoms with E-state index in [-0.39, 0.29) is 11.6 Å². The third kappa shape index (κ3) is 5.07. The molecule has 0 aliphatic carbocycles. The number of hydrogen-bond acceptors (Lipinski definition) is 5. The zero-order chi connectivity index (χ0) is 21.9. The van der Waals surface area contributed by atoms with Crippen molar-refractivity contribution in [1.82, 2.24) is 14.9 Å². The minimum atomic E-state index is -1.03. The summed E-state index contributed by atoms with van der Waals surface area (Å²) in [6.45, 7) is 7.47. The second-order valence-corrected chi connectivity index (χ2v) is 8.61. The summed E-state index contributed by atoms with van der Waals surface area (Å²) in [6.07, 6.45) is 0. The molecule has 0 radical (unpaired) electrons. The Hall–Kier alpha value is -3.13. The lowest BCUT2D eigenvalue weighted by molar-refractivity contribution is -0.123. The number of carbonyl (C=O) groups excluding carboxylic acids is 2. The van der Waals surface area contributed by atoms with Gasteiger partial charge in [0.25, 0.3) is 5.91 Å². The molecule has 8 heteroatoms. The van der Waals surface area contributed by atoms with E-state index in [1.54, 1.807) is 6.07 Å². The number of nitrogens with one attached hydrogen (secondary N) is 1. The molecule has 30 heavy (non-hydrogen) atoms. The van der Waals surface area contributed by atoms with Crippen LogP contribution in [0.2, 0.25) is 0 Å². The molecule has 0 fully saturated rings. The van der Waals surface area contributed by atoms with E-state index in [1.807, 2.05) is 45.9 Å². The number of nitrogens with zero attached hydrogens (tertiary/aromatic N) is 3. The van der Waals surface area contributed by atoms with Crippen LogP contribution in [-0.2, 0) is 4.79 Å². The average molecular weight is 427 g/mol. The van der Waals surface area contributed by atoms with Crippen molar-refractivity contribution in [2.75, 3.05) is 4.90 Å². The Morgan fingerprint density at radius 3 is 2.40 bits per heavy atom. The van der Waals surface area contributed by atoms with Crippen LogP contribution in [0.1, 0.15) is 48.4 Å². The maximum absolute atomic E-state index is 13.6. The summed E-state index contributed by atoms with van der Waals surface area (Å²) in [5.41, 5.74) is 1.55. The van der Waals surface area contributed by atoms with Gasteiger partial charge in [-0.15, -0.1) is 5.10 Å². The third-order valence-electron chi connectivity index (χ3n) is 4.27. The lowest BCUT2D eigenvalue weighted by Crippen LogP contribution is -2.49. The van der Waals surface area contributed by atoms with Crippen LogP contribution in [-0.4, -0.2) is 26.9 Å². The summed E-state index contributed by atoms with van der Waals surface area (Å²) in [4.78, 5) is 28.2. The predicted molar refractivity (Wildman–Crippen MR) is 115 cm³/mol. The van der Waals surface area contributed by atoms with E-state index in [0.29, 0.717) is 11.3 Å². The van der Waals surface area contributed by atoms with E-state index in [2.05, 4.69) is 14.9 Å². The van der Waals surface area contributed by atoms with Gasteiger partial charge in [-0.25, -0.2) is 4.39 Å². The Morgan fingerprint density at radius 1 is 1.13 bits per heavy atom. The fourth-order valence-corrected chi connectivity index (χ4v) is 3.47. The highest BCUT2D eigenvalue weighted by Crippen LogP contribution is 2.31. The Balaban J connectivity index is 2.18. The van der Waals surface area contributed by atoms with E-state index >= 15 is 0 Å². The first-order valence-electron chi connectivity index (χ1n) is 9.40. The summed E-state index contributed by atoms with van der Waals surface area (Å²) < 4.78 is 17.4. The number of amides is 2. The zero-order valence-electron chi connectivity index (χ0n) is 17.2. The number of aromatic nitrogens is 2. The molecular weight excluding hydrogens is 403 g/mol. The number of aryl methyl sites for hydroxylation is 1. The van der Waals surface area contributed by atoms with E-state index in [9.17, 15) is 14.0 Å². The highest BCUT2D eigenvalue weighted by atomic mass is 32.1. The molecule has 0 saturated carbocycles. The molecule has 1 unspecified atom stereocenters. The minimum absolute atomic E-state index is 0.136. The van der Waals surface area contributed by atoms with Crippen molar-refractivity contribution in [1.29, 1.82) is 0 Å². The summed E-state index contributed by atoms with van der Waals surface area (Å²) in [6, 6.07) is 11.8. The SMILES string of the molecule is Cc1cccc(N(C(=O)c2csnn2)C(C(=O)NC(C)(C)C)c2ccc(F)cc2)c1. The fourth-order valence-electron chi connectivity index (χ4n) is 3.04. The van der Waals surface area contributed by atoms with E-state index in [1.165, 1.54) is 34.5 Å². The standard InChI is InChI=1S/C22H23FN4O2S/c1-14-6-5-7-17(12-14)27(21(29)18-13-30-26-25-18)19(20(28)24-22(2,3)4)15-8-10-16(23)11-9-15/h5-13,19H,1-4H3,(H,24,28). The molecular formula is C22H23FN4O2S. The first kappa shape index (κ1) is 21.6. The largest absolute Gasteiger partial charge is 0.349 e. The number of anilines is 1. The van der Waals surface area contributed by atoms with Crippen molar-refractivity contribution in [3.63, 3.8) is 0 Å². The Labute approximate surface area is 178 Å². The molecule has 6 nitrogen and oxygen atoms in total. The maximum atomic E-state index is 13.6. The van der Waals surface area contributed by atoms with E-state index < -0.39 is 23.3 Å². The molecule has 0 saturated heterocycles. The van der Waals surface area contributed by atoms with Crippen LogP contribution in [0.15, 0.2) is 53.9 Å². The second-order valence-electron chi connectivity index (χ2n) is 8.00. The van der Waals surface area contributed by atoms with Gasteiger partial charge in [-0.3, -0.25) is 14.5 Å². The van der Waals surface area contributed by atoms with E-state index in [4.69, 9.17) is 0 Å². The summed E-state index contributed by atoms with van der Waals surface area (Å²) in [7, 11) is 0. The first-order chi connectivity index (χ1) is 14.2. The maximum Gasteiger partial charge on any atom is 0.280 e. The minimum Gasteiger partial charge on any atom is -0.349 e. The zero-order valence-corrected chi connectivity index (χ0v) is 18.0. The van der Waals surface area contributed by atoms with Gasteiger partial charge in [0.15, 0.2) is 5.69 Å². The fraction of sp³-hybridized carbons (Fsp3) is 0.273. The third-order valence-corrected chi connectivity index (χ3v) is 4.77. The summed E-state index contributed by atoms with van der Waals surface area (Å²) in [5.74, 6) is -1.27. The molecule has 2 aromatic carbocycles. The van der Waals surface area contributed by atoms with Gasteiger partial charge in [0, 0.05) is 16.6 Å². The van der Waals surface area contributed by atoms with Gasteiger partial charge in [-0.2, -0.15) is 0 Å². The molecule has 3 aromatic rings. The van der Waals surface area contributed by atoms with Crippen molar-refractivity contribution < 1.29 is 14.0 Å². The lowest BCUT2D eigenvalue weighted by atomic mass is 10.00. The molecule has 0 bridgehead atoms. The van der Waals surface area contributed by atoms with Crippen molar-refractivity contribution in [2.45, 2.75) is 39.3 Å². The van der Waals surface area contributed by atoms with Gasteiger partial charge in [0.05, 0.1) is 0 Å². The molecule has 0 aliphatic rings. The predicted octanol–water partition coefficient (Wildman–Crippen LogP) is 4.29. The highest BCUT2D eigenvalue weighted by Gasteiger charge is 2.35. The van der Waals surface area contributed by atoms with Crippen molar-refractivity contribution in [3.05, 3.63) is 76.5 Å². The second kappa shape index (κ2) is 8.71. The molecule has 0 spiro atoms. The Bertz CT molecular complexity index is 1030. The number of benzene rings is 2. The van der Waals surface area contributed by atoms with Crippen molar-refractivity contribution >= 4 is 29.0 Å². The molecule has 1 atom stereocenters. The van der Waals surface area contributed by atoms with Gasteiger partial charge in [-0.05, 0) is 74.6 Å². The Kier molecular flexibility index (Phi) is 6.26. The smallest absolute Gasteiger partial charge is 0.280 e. The van der Waals surface area contributed by atoms with Gasteiger partial charge < -0.3 is 5.32 Å². The number of rotatable bonds is 5.